The van der Waals surface area contributed by atoms with Gasteiger partial charge in [0.05, 0.1) is 6.04 Å². The first kappa shape index (κ1) is 17.8. The van der Waals surface area contributed by atoms with Crippen molar-refractivity contribution in [1.29, 1.82) is 0 Å². The summed E-state index contributed by atoms with van der Waals surface area (Å²) >= 11 is 16.7. The summed E-state index contributed by atoms with van der Waals surface area (Å²) in [5.41, 5.74) is 1.27. The molecule has 1 aromatic heterocycles. The second-order valence-corrected chi connectivity index (χ2v) is 8.54. The van der Waals surface area contributed by atoms with Crippen LogP contribution in [-0.4, -0.2) is 30.2 Å². The molecule has 1 heterocycles. The minimum Gasteiger partial charge on any atom is -0.288 e. The van der Waals surface area contributed by atoms with E-state index in [1.165, 1.54) is 4.68 Å². The molecule has 4 nitrogen and oxygen atoms in total. The molecule has 0 N–H and O–H groups in total. The molecule has 118 valence electrons. The van der Waals surface area contributed by atoms with Gasteiger partial charge < -0.3 is 0 Å². The Bertz CT molecular complexity index is 663. The van der Waals surface area contributed by atoms with Crippen molar-refractivity contribution in [2.75, 3.05) is 5.75 Å². The molecular weight excluding hydrogens is 409 g/mol. The third-order valence-corrected chi connectivity index (χ3v) is 5.48. The van der Waals surface area contributed by atoms with Gasteiger partial charge in [0.1, 0.15) is 5.69 Å². The first-order chi connectivity index (χ1) is 10.4. The van der Waals surface area contributed by atoms with Crippen LogP contribution in [0.25, 0.3) is 0 Å². The highest BCUT2D eigenvalue weighted by atomic mass is 79.9. The van der Waals surface area contributed by atoms with E-state index in [2.05, 4.69) is 26.2 Å². The van der Waals surface area contributed by atoms with Crippen LogP contribution in [0.4, 0.5) is 0 Å². The van der Waals surface area contributed by atoms with E-state index in [4.69, 9.17) is 23.2 Å². The number of alkyl halides is 2. The van der Waals surface area contributed by atoms with E-state index < -0.39 is 9.45 Å². The lowest BCUT2D eigenvalue weighted by Crippen LogP contribution is -2.27. The van der Waals surface area contributed by atoms with Crippen molar-refractivity contribution in [3.05, 3.63) is 46.2 Å². The molecule has 2 aromatic rings. The topological polar surface area (TPSA) is 47.8 Å². The van der Waals surface area contributed by atoms with Gasteiger partial charge in [-0.3, -0.25) is 4.79 Å². The summed E-state index contributed by atoms with van der Waals surface area (Å²) in [7, 11) is 0. The van der Waals surface area contributed by atoms with Crippen LogP contribution in [0.2, 0.25) is 0 Å². The molecule has 0 aliphatic heterocycles. The van der Waals surface area contributed by atoms with Gasteiger partial charge in [-0.2, -0.15) is 0 Å². The zero-order valence-electron chi connectivity index (χ0n) is 12.0. The number of thioether (sulfide) groups is 1. The number of hydrogen-bond donors (Lipinski definition) is 0. The summed E-state index contributed by atoms with van der Waals surface area (Å²) in [6, 6.07) is 9.54. The summed E-state index contributed by atoms with van der Waals surface area (Å²) in [5, 5.41) is 8.00. The van der Waals surface area contributed by atoms with Crippen molar-refractivity contribution in [2.24, 2.45) is 0 Å². The molecule has 22 heavy (non-hydrogen) atoms. The second-order valence-electron chi connectivity index (χ2n) is 4.54. The number of carbonyl (C=O) groups is 1. The van der Waals surface area contributed by atoms with Crippen molar-refractivity contribution in [1.82, 2.24) is 15.0 Å². The third kappa shape index (κ3) is 3.67. The summed E-state index contributed by atoms with van der Waals surface area (Å²) in [5.74, 6) is 0.189. The van der Waals surface area contributed by atoms with E-state index in [0.29, 0.717) is 10.4 Å². The summed E-state index contributed by atoms with van der Waals surface area (Å²) < 4.78 is 0.313. The molecule has 1 aromatic carbocycles. The van der Waals surface area contributed by atoms with E-state index in [-0.39, 0.29) is 11.7 Å². The largest absolute Gasteiger partial charge is 0.288 e. The SMILES string of the molecule is CCSC(Cl)(Cl)C(=O)c1c(Br)nnn1[C@H](C)c1ccccc1. The zero-order valence-corrected chi connectivity index (χ0v) is 15.9. The maximum Gasteiger partial charge on any atom is 0.229 e. The third-order valence-electron chi connectivity index (χ3n) is 3.11. The van der Waals surface area contributed by atoms with Gasteiger partial charge in [0.2, 0.25) is 9.45 Å². The van der Waals surface area contributed by atoms with Crippen LogP contribution >= 0.6 is 50.9 Å². The Kier molecular flexibility index (Phi) is 5.94. The lowest BCUT2D eigenvalue weighted by atomic mass is 10.1. The smallest absolute Gasteiger partial charge is 0.229 e. The molecule has 2 rings (SSSR count). The predicted octanol–water partition coefficient (Wildman–Crippen LogP) is 4.72. The Labute approximate surface area is 151 Å². The van der Waals surface area contributed by atoms with Crippen molar-refractivity contribution in [3.8, 4) is 0 Å². The van der Waals surface area contributed by atoms with Crippen LogP contribution in [0.1, 0.15) is 35.9 Å². The molecule has 0 unspecified atom stereocenters. The second kappa shape index (κ2) is 7.34. The highest BCUT2D eigenvalue weighted by molar-refractivity contribution is 9.10. The molecule has 0 saturated carbocycles. The molecule has 0 aliphatic rings. The number of Topliss-reactive ketones (excluding diaryl/α,β-unsaturated/α-hetero) is 1. The van der Waals surface area contributed by atoms with E-state index in [1.807, 2.05) is 44.2 Å². The summed E-state index contributed by atoms with van der Waals surface area (Å²) in [4.78, 5) is 12.7. The molecule has 1 atom stereocenters. The minimum absolute atomic E-state index is 0.172. The van der Waals surface area contributed by atoms with Gasteiger partial charge >= 0.3 is 0 Å². The van der Waals surface area contributed by atoms with Crippen molar-refractivity contribution >= 4 is 56.7 Å². The van der Waals surface area contributed by atoms with E-state index in [9.17, 15) is 4.79 Å². The van der Waals surface area contributed by atoms with Gasteiger partial charge in [-0.25, -0.2) is 4.68 Å². The summed E-state index contributed by atoms with van der Waals surface area (Å²) in [6.07, 6.45) is 0. The van der Waals surface area contributed by atoms with Gasteiger partial charge in [-0.05, 0) is 34.2 Å². The fraction of sp³-hybridized carbons (Fsp3) is 0.357. The normalized spacial score (nSPS) is 13.1. The molecule has 0 fully saturated rings. The molecule has 0 spiro atoms. The van der Waals surface area contributed by atoms with Gasteiger partial charge in [0.15, 0.2) is 4.60 Å². The van der Waals surface area contributed by atoms with Gasteiger partial charge in [0, 0.05) is 0 Å². The van der Waals surface area contributed by atoms with E-state index in [1.54, 1.807) is 0 Å². The van der Waals surface area contributed by atoms with Crippen molar-refractivity contribution in [3.63, 3.8) is 0 Å². The number of nitrogens with zero attached hydrogens (tertiary/aromatic N) is 3. The average molecular weight is 423 g/mol. The Balaban J connectivity index is 2.42. The standard InChI is InChI=1S/C14H14BrCl2N3OS/c1-3-22-14(16,17)12(21)11-13(15)18-19-20(11)9(2)10-7-5-4-6-8-10/h4-9H,3H2,1-2H3/t9-/m1/s1. The minimum atomic E-state index is -1.56. The Morgan fingerprint density at radius 2 is 2.05 bits per heavy atom. The predicted molar refractivity (Wildman–Crippen MR) is 94.9 cm³/mol. The van der Waals surface area contributed by atoms with E-state index in [0.717, 1.165) is 17.3 Å². The fourth-order valence-corrected chi connectivity index (χ4v) is 3.86. The maximum atomic E-state index is 12.7. The van der Waals surface area contributed by atoms with Gasteiger partial charge in [-0.1, -0.05) is 65.7 Å². The zero-order chi connectivity index (χ0) is 16.3. The molecular formula is C14H14BrCl2N3OS. The van der Waals surface area contributed by atoms with Crippen LogP contribution in [0.5, 0.6) is 0 Å². The van der Waals surface area contributed by atoms with Crippen LogP contribution in [-0.2, 0) is 0 Å². The number of rotatable bonds is 6. The highest BCUT2D eigenvalue weighted by Crippen LogP contribution is 2.39. The molecule has 0 radical (unpaired) electrons. The highest BCUT2D eigenvalue weighted by Gasteiger charge is 2.39. The number of carbonyl (C=O) groups excluding carboxylic acids is 1. The van der Waals surface area contributed by atoms with Crippen LogP contribution < -0.4 is 0 Å². The Morgan fingerprint density at radius 1 is 1.41 bits per heavy atom. The summed E-state index contributed by atoms with van der Waals surface area (Å²) in [6.45, 7) is 3.82. The molecule has 0 saturated heterocycles. The van der Waals surface area contributed by atoms with E-state index >= 15 is 0 Å². The first-order valence-electron chi connectivity index (χ1n) is 6.60. The van der Waals surface area contributed by atoms with Crippen molar-refractivity contribution < 1.29 is 4.79 Å². The number of ketones is 1. The number of benzene rings is 1. The van der Waals surface area contributed by atoms with Gasteiger partial charge in [0.25, 0.3) is 0 Å². The maximum absolute atomic E-state index is 12.7. The fourth-order valence-electron chi connectivity index (χ4n) is 2.00. The monoisotopic (exact) mass is 421 g/mol. The lowest BCUT2D eigenvalue weighted by molar-refractivity contribution is 0.0986. The molecule has 0 aliphatic carbocycles. The average Bonchev–Trinajstić information content (AvgIpc) is 2.88. The van der Waals surface area contributed by atoms with Crippen LogP contribution in [0.15, 0.2) is 34.9 Å². The van der Waals surface area contributed by atoms with Crippen LogP contribution in [0, 0.1) is 0 Å². The first-order valence-corrected chi connectivity index (χ1v) is 9.14. The van der Waals surface area contributed by atoms with Gasteiger partial charge in [-0.15, -0.1) is 16.9 Å². The Morgan fingerprint density at radius 3 is 2.64 bits per heavy atom. The number of aromatic nitrogens is 3. The number of hydrogen-bond acceptors (Lipinski definition) is 4. The van der Waals surface area contributed by atoms with Crippen molar-refractivity contribution in [2.45, 2.75) is 23.6 Å². The molecule has 8 heteroatoms. The number of halogens is 3. The molecule has 0 bridgehead atoms. The lowest BCUT2D eigenvalue weighted by Gasteiger charge is -2.19. The van der Waals surface area contributed by atoms with Crippen LogP contribution in [0.3, 0.4) is 0 Å². The molecule has 0 amide bonds. The quantitative estimate of drug-likeness (QED) is 0.499. The Hall–Kier alpha value is -0.560.